The summed E-state index contributed by atoms with van der Waals surface area (Å²) in [5, 5.41) is 15.6. The lowest BCUT2D eigenvalue weighted by Gasteiger charge is -2.29. The number of thioether (sulfide) groups is 1. The number of aromatic amines is 1. The minimum absolute atomic E-state index is 0.0752. The van der Waals surface area contributed by atoms with Crippen molar-refractivity contribution < 1.29 is 9.90 Å². The molecule has 7 heteroatoms. The number of carboxylic acid groups (broad SMARTS) is 1. The lowest BCUT2D eigenvalue weighted by molar-refractivity contribution is -0.133. The molecule has 0 amide bonds. The highest BCUT2D eigenvalue weighted by Crippen LogP contribution is 2.34. The van der Waals surface area contributed by atoms with Crippen LogP contribution in [0.15, 0.2) is 9.95 Å². The fourth-order valence-corrected chi connectivity index (χ4v) is 3.44. The summed E-state index contributed by atoms with van der Waals surface area (Å²) >= 11 is 1.10. The van der Waals surface area contributed by atoms with E-state index in [0.717, 1.165) is 37.4 Å². The molecule has 0 radical (unpaired) electrons. The number of hydrogen-bond acceptors (Lipinski definition) is 4. The summed E-state index contributed by atoms with van der Waals surface area (Å²) in [6.07, 6.45) is 5.41. The van der Waals surface area contributed by atoms with E-state index in [1.54, 1.807) is 4.57 Å². The topological polar surface area (TPSA) is 88.0 Å². The van der Waals surface area contributed by atoms with E-state index < -0.39 is 5.97 Å². The summed E-state index contributed by atoms with van der Waals surface area (Å²) in [4.78, 5) is 22.5. The van der Waals surface area contributed by atoms with Crippen LogP contribution in [0.3, 0.4) is 0 Å². The number of H-pyrrole nitrogens is 1. The second kappa shape index (κ2) is 6.27. The predicted octanol–water partition coefficient (Wildman–Crippen LogP) is 1.89. The normalized spacial score (nSPS) is 23.4. The molecule has 1 aliphatic carbocycles. The van der Waals surface area contributed by atoms with Gasteiger partial charge in [-0.25, -0.2) is 9.89 Å². The Labute approximate surface area is 115 Å². The average molecular weight is 285 g/mol. The fourth-order valence-electron chi connectivity index (χ4n) is 2.71. The van der Waals surface area contributed by atoms with Gasteiger partial charge in [-0.15, -0.1) is 5.10 Å². The molecule has 0 aromatic carbocycles. The number of aromatic nitrogens is 3. The highest BCUT2D eigenvalue weighted by atomic mass is 32.2. The van der Waals surface area contributed by atoms with Crippen LogP contribution in [0.1, 0.15) is 45.1 Å². The van der Waals surface area contributed by atoms with Crippen LogP contribution in [0.5, 0.6) is 0 Å². The Morgan fingerprint density at radius 1 is 1.58 bits per heavy atom. The molecule has 0 bridgehead atoms. The van der Waals surface area contributed by atoms with Crippen molar-refractivity contribution in [3.63, 3.8) is 0 Å². The zero-order chi connectivity index (χ0) is 13.8. The number of nitrogens with zero attached hydrogens (tertiary/aromatic N) is 2. The number of carboxylic acids is 1. The molecule has 2 unspecified atom stereocenters. The van der Waals surface area contributed by atoms with E-state index >= 15 is 0 Å². The zero-order valence-electron chi connectivity index (χ0n) is 11.0. The highest BCUT2D eigenvalue weighted by molar-refractivity contribution is 7.99. The van der Waals surface area contributed by atoms with Crippen LogP contribution in [-0.4, -0.2) is 31.6 Å². The maximum atomic E-state index is 11.9. The van der Waals surface area contributed by atoms with Crippen LogP contribution in [0.4, 0.5) is 0 Å². The van der Waals surface area contributed by atoms with Crippen LogP contribution >= 0.6 is 11.8 Å². The molecule has 1 aliphatic rings. The molecule has 106 valence electrons. The molecule has 1 aromatic rings. The second-order valence-electron chi connectivity index (χ2n) is 4.96. The minimum Gasteiger partial charge on any atom is -0.481 e. The summed E-state index contributed by atoms with van der Waals surface area (Å²) in [7, 11) is 0. The Kier molecular flexibility index (Phi) is 4.68. The average Bonchev–Trinajstić information content (AvgIpc) is 2.77. The third kappa shape index (κ3) is 3.40. The van der Waals surface area contributed by atoms with Crippen LogP contribution in [0.2, 0.25) is 0 Å². The molecular weight excluding hydrogens is 266 g/mol. The van der Waals surface area contributed by atoms with Crippen LogP contribution in [0, 0.1) is 5.92 Å². The molecule has 2 N–H and O–H groups in total. The SMILES string of the molecule is CCC1CCCC(n2c(SCC(=O)O)n[nH]c2=O)C1. The van der Waals surface area contributed by atoms with Crippen molar-refractivity contribution in [2.24, 2.45) is 5.92 Å². The number of aliphatic carboxylic acids is 1. The Morgan fingerprint density at radius 3 is 3.05 bits per heavy atom. The molecule has 1 aromatic heterocycles. The first kappa shape index (κ1) is 14.2. The Bertz CT molecular complexity index is 497. The maximum absolute atomic E-state index is 11.9. The maximum Gasteiger partial charge on any atom is 0.344 e. The standard InChI is InChI=1S/C12H19N3O3S/c1-2-8-4-3-5-9(6-8)15-11(18)13-14-12(15)19-7-10(16)17/h8-9H,2-7H2,1H3,(H,13,18)(H,16,17). The van der Waals surface area contributed by atoms with Gasteiger partial charge in [0.25, 0.3) is 0 Å². The quantitative estimate of drug-likeness (QED) is 0.807. The molecular formula is C12H19N3O3S. The van der Waals surface area contributed by atoms with Crippen molar-refractivity contribution in [3.05, 3.63) is 10.5 Å². The molecule has 1 heterocycles. The summed E-state index contributed by atoms with van der Waals surface area (Å²) in [5.41, 5.74) is -0.227. The van der Waals surface area contributed by atoms with Crippen molar-refractivity contribution in [1.82, 2.24) is 14.8 Å². The molecule has 19 heavy (non-hydrogen) atoms. The van der Waals surface area contributed by atoms with Gasteiger partial charge in [0.1, 0.15) is 0 Å². The van der Waals surface area contributed by atoms with Crippen LogP contribution < -0.4 is 5.69 Å². The van der Waals surface area contributed by atoms with E-state index in [0.29, 0.717) is 11.1 Å². The van der Waals surface area contributed by atoms with Gasteiger partial charge in [0.15, 0.2) is 5.16 Å². The Balaban J connectivity index is 2.16. The lowest BCUT2D eigenvalue weighted by atomic mass is 9.84. The highest BCUT2D eigenvalue weighted by Gasteiger charge is 2.26. The fraction of sp³-hybridized carbons (Fsp3) is 0.750. The van der Waals surface area contributed by atoms with Gasteiger partial charge in [-0.3, -0.25) is 9.36 Å². The largest absolute Gasteiger partial charge is 0.481 e. The van der Waals surface area contributed by atoms with Crippen molar-refractivity contribution in [3.8, 4) is 0 Å². The van der Waals surface area contributed by atoms with Gasteiger partial charge in [-0.1, -0.05) is 37.9 Å². The number of carbonyl (C=O) groups is 1. The molecule has 1 saturated carbocycles. The molecule has 0 saturated heterocycles. The van der Waals surface area contributed by atoms with Gasteiger partial charge in [0, 0.05) is 6.04 Å². The van der Waals surface area contributed by atoms with Crippen molar-refractivity contribution in [2.45, 2.75) is 50.2 Å². The van der Waals surface area contributed by atoms with Crippen LogP contribution in [0.25, 0.3) is 0 Å². The van der Waals surface area contributed by atoms with Crippen molar-refractivity contribution in [1.29, 1.82) is 0 Å². The van der Waals surface area contributed by atoms with Gasteiger partial charge in [-0.2, -0.15) is 0 Å². The summed E-state index contributed by atoms with van der Waals surface area (Å²) in [6.45, 7) is 2.17. The molecule has 0 spiro atoms. The summed E-state index contributed by atoms with van der Waals surface area (Å²) in [5.74, 6) is -0.325. The third-order valence-corrected chi connectivity index (χ3v) is 4.63. The predicted molar refractivity (Wildman–Crippen MR) is 72.5 cm³/mol. The number of nitrogens with one attached hydrogen (secondary N) is 1. The summed E-state index contributed by atoms with van der Waals surface area (Å²) in [6, 6.07) is 0.154. The van der Waals surface area contributed by atoms with E-state index in [9.17, 15) is 9.59 Å². The first-order valence-electron chi connectivity index (χ1n) is 6.63. The van der Waals surface area contributed by atoms with Gasteiger partial charge < -0.3 is 5.11 Å². The monoisotopic (exact) mass is 285 g/mol. The smallest absolute Gasteiger partial charge is 0.344 e. The Hall–Kier alpha value is -1.24. The number of hydrogen-bond donors (Lipinski definition) is 2. The van der Waals surface area contributed by atoms with E-state index in [1.165, 1.54) is 6.42 Å². The first-order valence-corrected chi connectivity index (χ1v) is 7.61. The molecule has 0 aliphatic heterocycles. The molecule has 2 rings (SSSR count). The first-order chi connectivity index (χ1) is 9.11. The zero-order valence-corrected chi connectivity index (χ0v) is 11.8. The van der Waals surface area contributed by atoms with E-state index in [2.05, 4.69) is 17.1 Å². The van der Waals surface area contributed by atoms with E-state index in [1.807, 2.05) is 0 Å². The summed E-state index contributed by atoms with van der Waals surface area (Å²) < 4.78 is 1.65. The van der Waals surface area contributed by atoms with E-state index in [-0.39, 0.29) is 17.5 Å². The minimum atomic E-state index is -0.901. The van der Waals surface area contributed by atoms with Gasteiger partial charge in [0.05, 0.1) is 5.75 Å². The molecule has 6 nitrogen and oxygen atoms in total. The van der Waals surface area contributed by atoms with Gasteiger partial charge in [0.2, 0.25) is 0 Å². The van der Waals surface area contributed by atoms with Gasteiger partial charge >= 0.3 is 11.7 Å². The van der Waals surface area contributed by atoms with Gasteiger partial charge in [-0.05, 0) is 18.8 Å². The molecule has 1 fully saturated rings. The van der Waals surface area contributed by atoms with Crippen molar-refractivity contribution in [2.75, 3.05) is 5.75 Å². The number of rotatable bonds is 5. The van der Waals surface area contributed by atoms with Crippen LogP contribution in [-0.2, 0) is 4.79 Å². The third-order valence-electron chi connectivity index (χ3n) is 3.69. The molecule has 2 atom stereocenters. The van der Waals surface area contributed by atoms with E-state index in [4.69, 9.17) is 5.11 Å². The van der Waals surface area contributed by atoms with Crippen molar-refractivity contribution >= 4 is 17.7 Å². The second-order valence-corrected chi connectivity index (χ2v) is 5.90. The lowest BCUT2D eigenvalue weighted by Crippen LogP contribution is -2.27. The Morgan fingerprint density at radius 2 is 2.37 bits per heavy atom.